The Kier molecular flexibility index (Phi) is 52.6. The number of unbranched alkanes of at least 4 members (excludes halogenated alkanes) is 11. The molecular formula is C64H98O6. The summed E-state index contributed by atoms with van der Waals surface area (Å²) < 4.78 is 16.6. The summed E-state index contributed by atoms with van der Waals surface area (Å²) in [7, 11) is 0. The average molecular weight is 963 g/mol. The van der Waals surface area contributed by atoms with Crippen LogP contribution in [-0.2, 0) is 28.6 Å². The second kappa shape index (κ2) is 56.6. The number of carbonyl (C=O) groups excluding carboxylic acids is 3. The third-order valence-corrected chi connectivity index (χ3v) is 10.8. The number of hydrogen-bond acceptors (Lipinski definition) is 6. The molecule has 0 fully saturated rings. The van der Waals surface area contributed by atoms with E-state index in [1.807, 2.05) is 18.2 Å². The van der Waals surface area contributed by atoms with Crippen molar-refractivity contribution in [2.45, 2.75) is 213 Å². The van der Waals surface area contributed by atoms with E-state index in [4.69, 9.17) is 14.2 Å². The lowest BCUT2D eigenvalue weighted by atomic mass is 10.1. The molecule has 0 N–H and O–H groups in total. The minimum absolute atomic E-state index is 0.105. The molecule has 0 bridgehead atoms. The number of ether oxygens (including phenoxy) is 3. The standard InChI is InChI=1S/C64H98O6/c1-4-7-10-13-16-19-22-25-28-30-32-34-36-39-42-45-48-51-54-57-63(66)69-60-61(59-68-62(65)56-53-50-47-44-41-38-35-27-24-21-18-15-12-9-6-3)70-64(67)58-55-52-49-46-43-40-37-33-31-29-26-23-20-17-14-11-8-5-2/h7,9-10,12,16,18-21,23,25,27-29,31-32,34-35,39,41-42,44,48,50-51,53,61H,4-6,8,11,13-15,17,22,24,26,30,33,36-38,40,43,45-47,49,52,54-60H2,1-3H3/b10-7-,12-9-,19-16-,21-18-,23-20-,28-25-,31-29-,34-32-,35-27-,42-39-,44-41-,51-48-,53-50-. The van der Waals surface area contributed by atoms with Crippen molar-refractivity contribution in [2.75, 3.05) is 13.2 Å². The van der Waals surface area contributed by atoms with Crippen molar-refractivity contribution in [3.05, 3.63) is 158 Å². The Morgan fingerprint density at radius 2 is 0.643 bits per heavy atom. The summed E-state index contributed by atoms with van der Waals surface area (Å²) in [6, 6.07) is 0. The molecule has 0 aliphatic rings. The van der Waals surface area contributed by atoms with Crippen molar-refractivity contribution in [1.82, 2.24) is 0 Å². The maximum Gasteiger partial charge on any atom is 0.309 e. The zero-order valence-electron chi connectivity index (χ0n) is 44.5. The highest BCUT2D eigenvalue weighted by molar-refractivity contribution is 5.72. The van der Waals surface area contributed by atoms with Crippen LogP contribution in [-0.4, -0.2) is 37.2 Å². The van der Waals surface area contributed by atoms with E-state index in [-0.39, 0.29) is 44.4 Å². The van der Waals surface area contributed by atoms with Gasteiger partial charge in [-0.25, -0.2) is 0 Å². The highest BCUT2D eigenvalue weighted by Gasteiger charge is 2.19. The number of hydrogen-bond donors (Lipinski definition) is 0. The first kappa shape index (κ1) is 65.0. The van der Waals surface area contributed by atoms with Gasteiger partial charge in [-0.05, 0) is 116 Å². The molecule has 1 unspecified atom stereocenters. The molecule has 0 rings (SSSR count). The number of esters is 3. The summed E-state index contributed by atoms with van der Waals surface area (Å²) in [5.74, 6) is -1.18. The Bertz CT molecular complexity index is 1620. The van der Waals surface area contributed by atoms with Crippen molar-refractivity contribution < 1.29 is 28.6 Å². The fourth-order valence-corrected chi connectivity index (χ4v) is 6.75. The molecule has 1 atom stereocenters. The van der Waals surface area contributed by atoms with Crippen LogP contribution in [0, 0.1) is 0 Å². The van der Waals surface area contributed by atoms with Crippen molar-refractivity contribution in [3.63, 3.8) is 0 Å². The minimum atomic E-state index is -0.861. The van der Waals surface area contributed by atoms with E-state index < -0.39 is 12.1 Å². The molecule has 0 aromatic carbocycles. The van der Waals surface area contributed by atoms with Crippen LogP contribution in [0.5, 0.6) is 0 Å². The quantitative estimate of drug-likeness (QED) is 0.0262. The summed E-state index contributed by atoms with van der Waals surface area (Å²) in [6.07, 6.45) is 82.6. The van der Waals surface area contributed by atoms with Gasteiger partial charge < -0.3 is 14.2 Å². The van der Waals surface area contributed by atoms with Gasteiger partial charge in [-0.15, -0.1) is 0 Å². The molecule has 0 saturated carbocycles. The van der Waals surface area contributed by atoms with Crippen molar-refractivity contribution in [3.8, 4) is 0 Å². The van der Waals surface area contributed by atoms with Gasteiger partial charge >= 0.3 is 17.9 Å². The molecule has 0 aromatic heterocycles. The van der Waals surface area contributed by atoms with Gasteiger partial charge in [0.05, 0.1) is 6.42 Å². The number of allylic oxidation sites excluding steroid dienone is 25. The van der Waals surface area contributed by atoms with Gasteiger partial charge in [0, 0.05) is 12.8 Å². The fraction of sp³-hybridized carbons (Fsp3) is 0.547. The Hall–Kier alpha value is -4.97. The van der Waals surface area contributed by atoms with Gasteiger partial charge in [0.25, 0.3) is 0 Å². The lowest BCUT2D eigenvalue weighted by Crippen LogP contribution is -2.30. The van der Waals surface area contributed by atoms with E-state index in [1.165, 1.54) is 51.4 Å². The summed E-state index contributed by atoms with van der Waals surface area (Å²) in [5.41, 5.74) is 0. The van der Waals surface area contributed by atoms with Crippen molar-refractivity contribution >= 4 is 17.9 Å². The van der Waals surface area contributed by atoms with E-state index in [2.05, 4.69) is 154 Å². The molecule has 70 heavy (non-hydrogen) atoms. The van der Waals surface area contributed by atoms with Crippen LogP contribution in [0.3, 0.4) is 0 Å². The molecule has 0 radical (unpaired) electrons. The molecule has 0 aliphatic carbocycles. The van der Waals surface area contributed by atoms with Crippen LogP contribution >= 0.6 is 0 Å². The first-order chi connectivity index (χ1) is 34.5. The SMILES string of the molecule is CC/C=C\C/C=C\C/C=C\C/C=C\C/C=C\C/C=C\CCC(=O)OCC(COC(=O)C/C=C\C/C=C\C/C=C\C/C=C\C/C=C\CC)OC(=O)CCCCCCCCC/C=C\C/C=C\CCCCCC. The van der Waals surface area contributed by atoms with Crippen LogP contribution in [0.25, 0.3) is 0 Å². The molecule has 0 saturated heterocycles. The molecule has 0 heterocycles. The minimum Gasteiger partial charge on any atom is -0.462 e. The Morgan fingerprint density at radius 1 is 0.314 bits per heavy atom. The van der Waals surface area contributed by atoms with Crippen LogP contribution < -0.4 is 0 Å². The van der Waals surface area contributed by atoms with Gasteiger partial charge in [-0.2, -0.15) is 0 Å². The molecule has 0 aliphatic heterocycles. The monoisotopic (exact) mass is 963 g/mol. The summed E-state index contributed by atoms with van der Waals surface area (Å²) >= 11 is 0. The first-order valence-electron chi connectivity index (χ1n) is 27.5. The molecular weight excluding hydrogens is 865 g/mol. The maximum atomic E-state index is 12.8. The van der Waals surface area contributed by atoms with Crippen LogP contribution in [0.15, 0.2) is 158 Å². The molecule has 6 nitrogen and oxygen atoms in total. The van der Waals surface area contributed by atoms with Gasteiger partial charge in [-0.1, -0.05) is 230 Å². The van der Waals surface area contributed by atoms with Crippen LogP contribution in [0.2, 0.25) is 0 Å². The summed E-state index contributed by atoms with van der Waals surface area (Å²) in [6.45, 7) is 6.21. The first-order valence-corrected chi connectivity index (χ1v) is 27.5. The second-order valence-electron chi connectivity index (χ2n) is 17.4. The highest BCUT2D eigenvalue weighted by atomic mass is 16.6. The van der Waals surface area contributed by atoms with Crippen molar-refractivity contribution in [2.24, 2.45) is 0 Å². The normalized spacial score (nSPS) is 13.4. The Labute approximate surface area is 429 Å². The highest BCUT2D eigenvalue weighted by Crippen LogP contribution is 2.12. The molecule has 390 valence electrons. The zero-order valence-corrected chi connectivity index (χ0v) is 44.5. The largest absolute Gasteiger partial charge is 0.462 e. The van der Waals surface area contributed by atoms with E-state index >= 15 is 0 Å². The Morgan fingerprint density at radius 3 is 1.06 bits per heavy atom. The molecule has 0 amide bonds. The third kappa shape index (κ3) is 54.0. The predicted octanol–water partition coefficient (Wildman–Crippen LogP) is 18.6. The summed E-state index contributed by atoms with van der Waals surface area (Å²) in [4.78, 5) is 38.0. The average Bonchev–Trinajstić information content (AvgIpc) is 3.36. The van der Waals surface area contributed by atoms with E-state index in [0.29, 0.717) is 6.42 Å². The van der Waals surface area contributed by atoms with E-state index in [9.17, 15) is 14.4 Å². The Balaban J connectivity index is 4.65. The van der Waals surface area contributed by atoms with Crippen molar-refractivity contribution in [1.29, 1.82) is 0 Å². The van der Waals surface area contributed by atoms with Gasteiger partial charge in [0.2, 0.25) is 0 Å². The molecule has 6 heteroatoms. The third-order valence-electron chi connectivity index (χ3n) is 10.8. The molecule has 0 spiro atoms. The maximum absolute atomic E-state index is 12.8. The van der Waals surface area contributed by atoms with E-state index in [0.717, 1.165) is 109 Å². The topological polar surface area (TPSA) is 78.9 Å². The lowest BCUT2D eigenvalue weighted by Gasteiger charge is -2.18. The predicted molar refractivity (Wildman–Crippen MR) is 302 cm³/mol. The lowest BCUT2D eigenvalue weighted by molar-refractivity contribution is -0.166. The number of carbonyl (C=O) groups is 3. The fourth-order valence-electron chi connectivity index (χ4n) is 6.75. The van der Waals surface area contributed by atoms with E-state index in [1.54, 1.807) is 6.08 Å². The zero-order chi connectivity index (χ0) is 50.7. The molecule has 0 aromatic rings. The summed E-state index contributed by atoms with van der Waals surface area (Å²) in [5, 5.41) is 0. The smallest absolute Gasteiger partial charge is 0.309 e. The second-order valence-corrected chi connectivity index (χ2v) is 17.4. The van der Waals surface area contributed by atoms with Gasteiger partial charge in [0.1, 0.15) is 13.2 Å². The van der Waals surface area contributed by atoms with Crippen LogP contribution in [0.4, 0.5) is 0 Å². The number of rotatable bonds is 47. The van der Waals surface area contributed by atoms with Gasteiger partial charge in [0.15, 0.2) is 6.10 Å². The van der Waals surface area contributed by atoms with Crippen LogP contribution in [0.1, 0.15) is 207 Å². The van der Waals surface area contributed by atoms with Gasteiger partial charge in [-0.3, -0.25) is 14.4 Å².